The highest BCUT2D eigenvalue weighted by Crippen LogP contribution is 2.32. The predicted molar refractivity (Wildman–Crippen MR) is 68.0 cm³/mol. The largest absolute Gasteiger partial charge is 0.496 e. The molecule has 1 rings (SSSR count). The molecule has 0 unspecified atom stereocenters. The van der Waals surface area contributed by atoms with Crippen LogP contribution in [-0.2, 0) is 6.54 Å². The van der Waals surface area contributed by atoms with Crippen molar-refractivity contribution in [2.24, 2.45) is 5.73 Å². The quantitative estimate of drug-likeness (QED) is 0.824. The second kappa shape index (κ2) is 5.53. The molecule has 90 valence electrons. The van der Waals surface area contributed by atoms with Gasteiger partial charge in [-0.3, -0.25) is 4.90 Å². The molecule has 1 aromatic rings. The molecule has 16 heavy (non-hydrogen) atoms. The van der Waals surface area contributed by atoms with Crippen LogP contribution in [-0.4, -0.2) is 25.7 Å². The third-order valence-electron chi connectivity index (χ3n) is 2.73. The van der Waals surface area contributed by atoms with Gasteiger partial charge >= 0.3 is 0 Å². The van der Waals surface area contributed by atoms with Gasteiger partial charge in [-0.15, -0.1) is 0 Å². The van der Waals surface area contributed by atoms with Crippen LogP contribution in [0.1, 0.15) is 16.7 Å². The number of aryl methyl sites for hydroxylation is 1. The molecular formula is C12H19ClN2O. The first kappa shape index (κ1) is 13.3. The van der Waals surface area contributed by atoms with Crippen molar-refractivity contribution >= 4 is 11.6 Å². The first-order chi connectivity index (χ1) is 7.51. The zero-order valence-electron chi connectivity index (χ0n) is 10.3. The van der Waals surface area contributed by atoms with Crippen LogP contribution in [0.15, 0.2) is 6.07 Å². The van der Waals surface area contributed by atoms with E-state index in [1.54, 1.807) is 7.11 Å². The Bertz CT molecular complexity index is 380. The van der Waals surface area contributed by atoms with Crippen molar-refractivity contribution in [3.05, 3.63) is 27.8 Å². The smallest absolute Gasteiger partial charge is 0.123 e. The summed E-state index contributed by atoms with van der Waals surface area (Å²) in [7, 11) is 3.64. The van der Waals surface area contributed by atoms with Gasteiger partial charge in [0, 0.05) is 23.8 Å². The Labute approximate surface area is 102 Å². The van der Waals surface area contributed by atoms with Crippen molar-refractivity contribution < 1.29 is 4.74 Å². The molecule has 0 spiro atoms. The third-order valence-corrected chi connectivity index (χ3v) is 3.31. The van der Waals surface area contributed by atoms with Crippen LogP contribution < -0.4 is 10.5 Å². The number of methoxy groups -OCH3 is 1. The highest BCUT2D eigenvalue weighted by molar-refractivity contribution is 6.32. The second-order valence-corrected chi connectivity index (χ2v) is 4.39. The van der Waals surface area contributed by atoms with Crippen LogP contribution in [0.4, 0.5) is 0 Å². The molecule has 0 saturated heterocycles. The molecule has 1 aromatic carbocycles. The lowest BCUT2D eigenvalue weighted by Crippen LogP contribution is -2.25. The molecule has 0 aromatic heterocycles. The van der Waals surface area contributed by atoms with E-state index in [1.807, 2.05) is 31.9 Å². The Kier molecular flexibility index (Phi) is 4.59. The van der Waals surface area contributed by atoms with E-state index in [-0.39, 0.29) is 0 Å². The molecule has 0 amide bonds. The number of rotatable bonds is 4. The molecule has 0 fully saturated rings. The zero-order valence-corrected chi connectivity index (χ0v) is 11.1. The molecule has 3 nitrogen and oxygen atoms in total. The summed E-state index contributed by atoms with van der Waals surface area (Å²) in [6, 6.07) is 1.97. The van der Waals surface area contributed by atoms with Gasteiger partial charge in [-0.25, -0.2) is 0 Å². The van der Waals surface area contributed by atoms with Gasteiger partial charge in [-0.05, 0) is 38.1 Å². The van der Waals surface area contributed by atoms with E-state index < -0.39 is 0 Å². The van der Waals surface area contributed by atoms with Crippen molar-refractivity contribution in [1.82, 2.24) is 4.90 Å². The molecule has 4 heteroatoms. The first-order valence-electron chi connectivity index (χ1n) is 5.22. The predicted octanol–water partition coefficient (Wildman–Crippen LogP) is 2.31. The number of hydrogen-bond acceptors (Lipinski definition) is 3. The first-order valence-corrected chi connectivity index (χ1v) is 5.60. The van der Waals surface area contributed by atoms with E-state index >= 15 is 0 Å². The maximum Gasteiger partial charge on any atom is 0.123 e. The molecule has 0 aliphatic rings. The Morgan fingerprint density at radius 1 is 1.44 bits per heavy atom. The van der Waals surface area contributed by atoms with Gasteiger partial charge in [0.05, 0.1) is 7.11 Å². The van der Waals surface area contributed by atoms with Crippen LogP contribution in [0.5, 0.6) is 5.75 Å². The Morgan fingerprint density at radius 2 is 2.06 bits per heavy atom. The topological polar surface area (TPSA) is 38.5 Å². The van der Waals surface area contributed by atoms with Crippen LogP contribution >= 0.6 is 11.6 Å². The average molecular weight is 243 g/mol. The molecule has 2 N–H and O–H groups in total. The summed E-state index contributed by atoms with van der Waals surface area (Å²) in [4.78, 5) is 2.01. The Balaban J connectivity index is 3.19. The summed E-state index contributed by atoms with van der Waals surface area (Å²) < 4.78 is 5.38. The van der Waals surface area contributed by atoms with Crippen LogP contribution in [0.2, 0.25) is 5.02 Å². The highest BCUT2D eigenvalue weighted by Gasteiger charge is 2.13. The van der Waals surface area contributed by atoms with Crippen molar-refractivity contribution in [2.45, 2.75) is 20.4 Å². The molecular weight excluding hydrogens is 224 g/mol. The van der Waals surface area contributed by atoms with Crippen LogP contribution in [0, 0.1) is 13.8 Å². The maximum absolute atomic E-state index is 6.23. The summed E-state index contributed by atoms with van der Waals surface area (Å²) in [5.74, 6) is 0.875. The normalized spacial score (nSPS) is 10.9. The van der Waals surface area contributed by atoms with E-state index in [0.29, 0.717) is 6.67 Å². The number of nitrogens with zero attached hydrogens (tertiary/aromatic N) is 1. The summed E-state index contributed by atoms with van der Waals surface area (Å²) >= 11 is 6.23. The Hall–Kier alpha value is -0.770. The van der Waals surface area contributed by atoms with E-state index in [9.17, 15) is 0 Å². The molecule has 0 heterocycles. The standard InChI is InChI=1S/C12H19ClN2O/c1-8-5-11(16-4)10(6-15(3)7-14)9(2)12(8)13/h5H,6-7,14H2,1-4H3. The molecule has 0 atom stereocenters. The fourth-order valence-electron chi connectivity index (χ4n) is 1.67. The second-order valence-electron chi connectivity index (χ2n) is 4.01. The summed E-state index contributed by atoms with van der Waals surface area (Å²) in [6.45, 7) is 5.24. The minimum absolute atomic E-state index is 0.508. The summed E-state index contributed by atoms with van der Waals surface area (Å²) in [6.07, 6.45) is 0. The van der Waals surface area contributed by atoms with Crippen molar-refractivity contribution in [1.29, 1.82) is 0 Å². The maximum atomic E-state index is 6.23. The fourth-order valence-corrected chi connectivity index (χ4v) is 1.84. The Morgan fingerprint density at radius 3 is 2.56 bits per heavy atom. The van der Waals surface area contributed by atoms with E-state index in [2.05, 4.69) is 0 Å². The van der Waals surface area contributed by atoms with Gasteiger partial charge in [-0.1, -0.05) is 11.6 Å². The lowest BCUT2D eigenvalue weighted by molar-refractivity contribution is 0.325. The highest BCUT2D eigenvalue weighted by atomic mass is 35.5. The third kappa shape index (κ3) is 2.67. The van der Waals surface area contributed by atoms with Gasteiger partial charge in [0.2, 0.25) is 0 Å². The average Bonchev–Trinajstić information content (AvgIpc) is 2.29. The van der Waals surface area contributed by atoms with Crippen molar-refractivity contribution in [3.8, 4) is 5.75 Å². The fraction of sp³-hybridized carbons (Fsp3) is 0.500. The van der Waals surface area contributed by atoms with Crippen molar-refractivity contribution in [2.75, 3.05) is 20.8 Å². The molecule has 0 aliphatic carbocycles. The number of nitrogens with two attached hydrogens (primary N) is 1. The van der Waals surface area contributed by atoms with Gasteiger partial charge in [0.1, 0.15) is 5.75 Å². The van der Waals surface area contributed by atoms with E-state index in [4.69, 9.17) is 22.1 Å². The molecule has 0 radical (unpaired) electrons. The van der Waals surface area contributed by atoms with Gasteiger partial charge in [0.15, 0.2) is 0 Å². The van der Waals surface area contributed by atoms with Crippen molar-refractivity contribution in [3.63, 3.8) is 0 Å². The summed E-state index contributed by atoms with van der Waals surface area (Å²) in [5.41, 5.74) is 8.79. The number of hydrogen-bond donors (Lipinski definition) is 1. The molecule has 0 saturated carbocycles. The molecule has 0 aliphatic heterocycles. The van der Waals surface area contributed by atoms with Gasteiger partial charge in [0.25, 0.3) is 0 Å². The monoisotopic (exact) mass is 242 g/mol. The minimum atomic E-state index is 0.508. The lowest BCUT2D eigenvalue weighted by Gasteiger charge is -2.20. The SMILES string of the molecule is COc1cc(C)c(Cl)c(C)c1CN(C)CN. The van der Waals surface area contributed by atoms with Gasteiger partial charge < -0.3 is 10.5 Å². The number of benzene rings is 1. The van der Waals surface area contributed by atoms with Crippen LogP contribution in [0.25, 0.3) is 0 Å². The van der Waals surface area contributed by atoms with E-state index in [0.717, 1.165) is 34.0 Å². The lowest BCUT2D eigenvalue weighted by atomic mass is 10.0. The van der Waals surface area contributed by atoms with E-state index in [1.165, 1.54) is 0 Å². The zero-order chi connectivity index (χ0) is 12.3. The van der Waals surface area contributed by atoms with Gasteiger partial charge in [-0.2, -0.15) is 0 Å². The molecule has 0 bridgehead atoms. The summed E-state index contributed by atoms with van der Waals surface area (Å²) in [5, 5.41) is 0.807. The minimum Gasteiger partial charge on any atom is -0.496 e. The number of halogens is 1. The van der Waals surface area contributed by atoms with Crippen LogP contribution in [0.3, 0.4) is 0 Å². The number of ether oxygens (including phenoxy) is 1.